The standard InChI is InChI=1S/C60H103NO5/c1-4-7-10-13-16-19-22-25-27-28-29-30-32-35-38-41-44-47-50-53-60(65)66-56(51-48-45-42-39-36-33-24-21-18-15-12-9-6-3)54-59(64)61-57(55-62)58(63)52-49-46-43-40-37-34-31-26-23-20-17-14-11-8-5-2/h9,12,15-16,18-19,21,24-25,27,29-30,33,36,39,42,56-58,62-63H,4-8,10-11,13-14,17,20,22-23,26,28,31-32,34-35,37-38,40-41,43-55H2,1-3H3,(H,61,64)/b12-9+,18-15+,19-16-,24-21-,27-25-,30-29-,36-33-,42-39+. The maximum atomic E-state index is 13.2. The molecule has 0 radical (unpaired) electrons. The molecule has 0 aliphatic rings. The summed E-state index contributed by atoms with van der Waals surface area (Å²) in [7, 11) is 0. The normalized spacial score (nSPS) is 14.0. The van der Waals surface area contributed by atoms with Crippen LogP contribution in [-0.2, 0) is 14.3 Å². The van der Waals surface area contributed by atoms with E-state index in [0.29, 0.717) is 19.3 Å². The van der Waals surface area contributed by atoms with Crippen LogP contribution in [0.2, 0.25) is 0 Å². The van der Waals surface area contributed by atoms with Crippen LogP contribution in [0.4, 0.5) is 0 Å². The second-order valence-corrected chi connectivity index (χ2v) is 18.4. The number of amides is 1. The number of aliphatic hydroxyl groups excluding tert-OH is 2. The molecular formula is C60H103NO5. The van der Waals surface area contributed by atoms with Gasteiger partial charge in [-0.05, 0) is 77.0 Å². The van der Waals surface area contributed by atoms with Gasteiger partial charge >= 0.3 is 5.97 Å². The highest BCUT2D eigenvalue weighted by molar-refractivity contribution is 5.77. The maximum Gasteiger partial charge on any atom is 0.306 e. The lowest BCUT2D eigenvalue weighted by Gasteiger charge is -2.24. The van der Waals surface area contributed by atoms with Gasteiger partial charge in [0.05, 0.1) is 25.2 Å². The zero-order valence-electron chi connectivity index (χ0n) is 43.0. The first-order valence-electron chi connectivity index (χ1n) is 27.5. The van der Waals surface area contributed by atoms with Gasteiger partial charge in [-0.2, -0.15) is 0 Å². The molecule has 0 fully saturated rings. The average molecular weight is 918 g/mol. The Bertz CT molecular complexity index is 1310. The predicted octanol–water partition coefficient (Wildman–Crippen LogP) is 16.9. The summed E-state index contributed by atoms with van der Waals surface area (Å²) < 4.78 is 5.90. The Labute approximate surface area is 407 Å². The van der Waals surface area contributed by atoms with Crippen molar-refractivity contribution in [2.45, 2.75) is 264 Å². The Hall–Kier alpha value is -3.22. The number of unbranched alkanes of at least 4 members (excludes halogenated alkanes) is 24. The molecule has 0 heterocycles. The monoisotopic (exact) mass is 918 g/mol. The lowest BCUT2D eigenvalue weighted by molar-refractivity contribution is -0.151. The van der Waals surface area contributed by atoms with Gasteiger partial charge in [0.1, 0.15) is 6.10 Å². The van der Waals surface area contributed by atoms with Gasteiger partial charge in [-0.1, -0.05) is 253 Å². The molecule has 0 aromatic carbocycles. The van der Waals surface area contributed by atoms with Crippen molar-refractivity contribution < 1.29 is 24.5 Å². The summed E-state index contributed by atoms with van der Waals surface area (Å²) in [5.41, 5.74) is 0. The molecule has 0 bridgehead atoms. The molecule has 1 amide bonds. The van der Waals surface area contributed by atoms with E-state index in [2.05, 4.69) is 74.7 Å². The van der Waals surface area contributed by atoms with Crippen molar-refractivity contribution in [1.29, 1.82) is 0 Å². The summed E-state index contributed by atoms with van der Waals surface area (Å²) in [6.07, 6.45) is 70.4. The molecule has 0 rings (SSSR count). The molecule has 0 aromatic heterocycles. The Morgan fingerprint density at radius 2 is 0.894 bits per heavy atom. The predicted molar refractivity (Wildman–Crippen MR) is 287 cm³/mol. The van der Waals surface area contributed by atoms with Gasteiger partial charge in [0.2, 0.25) is 5.91 Å². The largest absolute Gasteiger partial charge is 0.462 e. The van der Waals surface area contributed by atoms with Gasteiger partial charge < -0.3 is 20.3 Å². The highest BCUT2D eigenvalue weighted by Gasteiger charge is 2.24. The lowest BCUT2D eigenvalue weighted by atomic mass is 10.0. The number of esters is 1. The van der Waals surface area contributed by atoms with Gasteiger partial charge in [-0.3, -0.25) is 9.59 Å². The molecular weight excluding hydrogens is 815 g/mol. The van der Waals surface area contributed by atoms with Crippen molar-refractivity contribution in [3.05, 3.63) is 97.2 Å². The second kappa shape index (κ2) is 52.7. The third kappa shape index (κ3) is 47.3. The number of allylic oxidation sites excluding steroid dienone is 16. The van der Waals surface area contributed by atoms with Crippen LogP contribution in [0.5, 0.6) is 0 Å². The number of hydrogen-bond acceptors (Lipinski definition) is 5. The molecule has 0 spiro atoms. The van der Waals surface area contributed by atoms with Crippen LogP contribution in [-0.4, -0.2) is 46.9 Å². The zero-order chi connectivity index (χ0) is 48.1. The van der Waals surface area contributed by atoms with E-state index in [1.807, 2.05) is 48.6 Å². The average Bonchev–Trinajstić information content (AvgIpc) is 3.31. The van der Waals surface area contributed by atoms with E-state index in [0.717, 1.165) is 77.0 Å². The first kappa shape index (κ1) is 62.8. The number of hydrogen-bond donors (Lipinski definition) is 3. The minimum Gasteiger partial charge on any atom is -0.462 e. The molecule has 0 aromatic rings. The summed E-state index contributed by atoms with van der Waals surface area (Å²) in [5, 5.41) is 23.8. The molecule has 0 aliphatic carbocycles. The van der Waals surface area contributed by atoms with Gasteiger partial charge in [-0.15, -0.1) is 0 Å². The SMILES string of the molecule is CC/C=C/C=C/C=C\C=C/C=C/CCCC(CC(=O)NC(CO)C(O)CCCCCCCCCCCCCCCCC)OC(=O)CCCCCCCC/C=C\C/C=C\C/C=C\CCCCC. The van der Waals surface area contributed by atoms with Crippen LogP contribution >= 0.6 is 0 Å². The van der Waals surface area contributed by atoms with Crippen molar-refractivity contribution in [2.24, 2.45) is 0 Å². The summed E-state index contributed by atoms with van der Waals surface area (Å²) in [5.74, 6) is -0.564. The first-order chi connectivity index (χ1) is 32.5. The van der Waals surface area contributed by atoms with Crippen LogP contribution in [0.1, 0.15) is 245 Å². The lowest BCUT2D eigenvalue weighted by Crippen LogP contribution is -2.46. The van der Waals surface area contributed by atoms with Crippen LogP contribution in [0, 0.1) is 0 Å². The third-order valence-corrected chi connectivity index (χ3v) is 12.0. The molecule has 3 N–H and O–H groups in total. The fourth-order valence-corrected chi connectivity index (χ4v) is 7.88. The summed E-state index contributed by atoms with van der Waals surface area (Å²) in [6, 6.07) is -0.733. The minimum atomic E-state index is -0.815. The summed E-state index contributed by atoms with van der Waals surface area (Å²) in [4.78, 5) is 26.2. The summed E-state index contributed by atoms with van der Waals surface area (Å²) in [6.45, 7) is 6.29. The van der Waals surface area contributed by atoms with E-state index in [1.165, 1.54) is 122 Å². The molecule has 3 unspecified atom stereocenters. The molecule has 0 saturated heterocycles. The van der Waals surface area contributed by atoms with Crippen molar-refractivity contribution in [2.75, 3.05) is 6.61 Å². The van der Waals surface area contributed by atoms with Crippen LogP contribution in [0.3, 0.4) is 0 Å². The molecule has 378 valence electrons. The van der Waals surface area contributed by atoms with Crippen LogP contribution in [0.15, 0.2) is 97.2 Å². The topological polar surface area (TPSA) is 95.9 Å². The van der Waals surface area contributed by atoms with Crippen molar-refractivity contribution in [3.63, 3.8) is 0 Å². The van der Waals surface area contributed by atoms with E-state index in [-0.39, 0.29) is 24.9 Å². The van der Waals surface area contributed by atoms with E-state index in [4.69, 9.17) is 4.74 Å². The van der Waals surface area contributed by atoms with Crippen molar-refractivity contribution in [3.8, 4) is 0 Å². The zero-order valence-corrected chi connectivity index (χ0v) is 43.0. The van der Waals surface area contributed by atoms with E-state index in [1.54, 1.807) is 0 Å². The Morgan fingerprint density at radius 3 is 1.42 bits per heavy atom. The quantitative estimate of drug-likeness (QED) is 0.0245. The van der Waals surface area contributed by atoms with Crippen LogP contribution < -0.4 is 5.32 Å². The number of rotatable bonds is 48. The van der Waals surface area contributed by atoms with Crippen molar-refractivity contribution >= 4 is 11.9 Å². The van der Waals surface area contributed by atoms with E-state index < -0.39 is 18.2 Å². The highest BCUT2D eigenvalue weighted by atomic mass is 16.5. The van der Waals surface area contributed by atoms with Crippen LogP contribution in [0.25, 0.3) is 0 Å². The molecule has 3 atom stereocenters. The number of ether oxygens (including phenoxy) is 1. The molecule has 0 aliphatic heterocycles. The van der Waals surface area contributed by atoms with Gasteiger partial charge in [-0.25, -0.2) is 0 Å². The molecule has 6 nitrogen and oxygen atoms in total. The van der Waals surface area contributed by atoms with Gasteiger partial charge in [0, 0.05) is 6.42 Å². The number of aliphatic hydroxyl groups is 2. The minimum absolute atomic E-state index is 0.0184. The first-order valence-corrected chi connectivity index (χ1v) is 27.5. The van der Waals surface area contributed by atoms with Crippen molar-refractivity contribution in [1.82, 2.24) is 5.32 Å². The third-order valence-electron chi connectivity index (χ3n) is 12.0. The molecule has 66 heavy (non-hydrogen) atoms. The second-order valence-electron chi connectivity index (χ2n) is 18.4. The highest BCUT2D eigenvalue weighted by Crippen LogP contribution is 2.17. The van der Waals surface area contributed by atoms with E-state index >= 15 is 0 Å². The van der Waals surface area contributed by atoms with Gasteiger partial charge in [0.25, 0.3) is 0 Å². The fourth-order valence-electron chi connectivity index (χ4n) is 7.88. The molecule has 0 saturated carbocycles. The summed E-state index contributed by atoms with van der Waals surface area (Å²) >= 11 is 0. The molecule has 6 heteroatoms. The number of nitrogens with one attached hydrogen (secondary N) is 1. The Balaban J connectivity index is 4.65. The van der Waals surface area contributed by atoms with Gasteiger partial charge in [0.15, 0.2) is 0 Å². The smallest absolute Gasteiger partial charge is 0.306 e. The number of carbonyl (C=O) groups excluding carboxylic acids is 2. The Morgan fingerprint density at radius 1 is 0.470 bits per heavy atom. The van der Waals surface area contributed by atoms with E-state index in [9.17, 15) is 19.8 Å². The number of carbonyl (C=O) groups is 2. The Kier molecular flexibility index (Phi) is 50.2. The fraction of sp³-hybridized carbons (Fsp3) is 0.700. The maximum absolute atomic E-state index is 13.2.